The molecular weight excluding hydrogens is 190 g/mol. The zero-order valence-corrected chi connectivity index (χ0v) is 9.85. The van der Waals surface area contributed by atoms with E-state index in [4.69, 9.17) is 5.11 Å². The maximum atomic E-state index is 8.78. The quantitative estimate of drug-likeness (QED) is 0.762. The molecule has 0 aliphatic carbocycles. The third-order valence-electron chi connectivity index (χ3n) is 2.17. The van der Waals surface area contributed by atoms with E-state index in [1.807, 2.05) is 17.9 Å². The zero-order valence-electron chi connectivity index (χ0n) is 9.85. The molecule has 0 unspecified atom stereocenters. The van der Waals surface area contributed by atoms with Crippen LogP contribution in [0.15, 0.2) is 12.4 Å². The van der Waals surface area contributed by atoms with E-state index in [9.17, 15) is 0 Å². The molecule has 1 N–H and O–H groups in total. The SMILES string of the molecule is CC(C)Cn1cc(CN(C)CCO)cn1. The van der Waals surface area contributed by atoms with E-state index >= 15 is 0 Å². The van der Waals surface area contributed by atoms with Crippen LogP contribution >= 0.6 is 0 Å². The van der Waals surface area contributed by atoms with Crippen LogP contribution in [-0.2, 0) is 13.1 Å². The van der Waals surface area contributed by atoms with E-state index in [-0.39, 0.29) is 6.61 Å². The number of aliphatic hydroxyl groups is 1. The molecule has 0 fully saturated rings. The predicted octanol–water partition coefficient (Wildman–Crippen LogP) is 0.963. The highest BCUT2D eigenvalue weighted by Gasteiger charge is 2.03. The Labute approximate surface area is 91.5 Å². The average molecular weight is 211 g/mol. The van der Waals surface area contributed by atoms with E-state index in [0.29, 0.717) is 12.5 Å². The third-order valence-corrected chi connectivity index (χ3v) is 2.17. The van der Waals surface area contributed by atoms with Gasteiger partial charge in [0.1, 0.15) is 0 Å². The minimum absolute atomic E-state index is 0.205. The van der Waals surface area contributed by atoms with Crippen molar-refractivity contribution in [1.29, 1.82) is 0 Å². The summed E-state index contributed by atoms with van der Waals surface area (Å²) >= 11 is 0. The van der Waals surface area contributed by atoms with Crippen molar-refractivity contribution in [3.63, 3.8) is 0 Å². The van der Waals surface area contributed by atoms with Gasteiger partial charge in [0.2, 0.25) is 0 Å². The predicted molar refractivity (Wildman–Crippen MR) is 60.5 cm³/mol. The van der Waals surface area contributed by atoms with Gasteiger partial charge in [-0.05, 0) is 13.0 Å². The van der Waals surface area contributed by atoms with Crippen LogP contribution in [0.2, 0.25) is 0 Å². The highest BCUT2D eigenvalue weighted by Crippen LogP contribution is 2.04. The molecular formula is C11H21N3O. The number of hydrogen-bond donors (Lipinski definition) is 1. The van der Waals surface area contributed by atoms with Gasteiger partial charge < -0.3 is 5.11 Å². The molecule has 0 spiro atoms. The van der Waals surface area contributed by atoms with Crippen LogP contribution in [0.3, 0.4) is 0 Å². The van der Waals surface area contributed by atoms with Gasteiger partial charge in [-0.2, -0.15) is 5.10 Å². The summed E-state index contributed by atoms with van der Waals surface area (Å²) in [5, 5.41) is 13.1. The first-order valence-electron chi connectivity index (χ1n) is 5.42. The topological polar surface area (TPSA) is 41.3 Å². The average Bonchev–Trinajstić information content (AvgIpc) is 2.51. The van der Waals surface area contributed by atoms with Crippen molar-refractivity contribution in [3.8, 4) is 0 Å². The van der Waals surface area contributed by atoms with Gasteiger partial charge in [0.15, 0.2) is 0 Å². The summed E-state index contributed by atoms with van der Waals surface area (Å²) in [5.41, 5.74) is 1.20. The van der Waals surface area contributed by atoms with Crippen LogP contribution in [-0.4, -0.2) is 40.0 Å². The molecule has 0 saturated carbocycles. The Morgan fingerprint density at radius 1 is 1.53 bits per heavy atom. The lowest BCUT2D eigenvalue weighted by Gasteiger charge is -2.13. The molecule has 1 rings (SSSR count). The van der Waals surface area contributed by atoms with Gasteiger partial charge in [-0.3, -0.25) is 9.58 Å². The van der Waals surface area contributed by atoms with Gasteiger partial charge in [0.25, 0.3) is 0 Å². The molecule has 15 heavy (non-hydrogen) atoms. The lowest BCUT2D eigenvalue weighted by molar-refractivity contribution is 0.217. The maximum absolute atomic E-state index is 8.78. The van der Waals surface area contributed by atoms with Crippen molar-refractivity contribution < 1.29 is 5.11 Å². The molecule has 1 aromatic heterocycles. The Hall–Kier alpha value is -0.870. The summed E-state index contributed by atoms with van der Waals surface area (Å²) in [4.78, 5) is 2.08. The number of aromatic nitrogens is 2. The first-order chi connectivity index (χ1) is 7.11. The smallest absolute Gasteiger partial charge is 0.0558 e. The van der Waals surface area contributed by atoms with Crippen LogP contribution < -0.4 is 0 Å². The fraction of sp³-hybridized carbons (Fsp3) is 0.727. The maximum Gasteiger partial charge on any atom is 0.0558 e. The van der Waals surface area contributed by atoms with E-state index in [1.54, 1.807) is 0 Å². The molecule has 0 radical (unpaired) electrons. The van der Waals surface area contributed by atoms with Crippen LogP contribution in [0.25, 0.3) is 0 Å². The first kappa shape index (κ1) is 12.2. The second-order valence-electron chi connectivity index (χ2n) is 4.43. The zero-order chi connectivity index (χ0) is 11.3. The molecule has 0 aliphatic rings. The Balaban J connectivity index is 2.45. The van der Waals surface area contributed by atoms with Crippen molar-refractivity contribution in [2.24, 2.45) is 5.92 Å². The molecule has 0 saturated heterocycles. The Bertz CT molecular complexity index is 283. The standard InChI is InChI=1S/C11H21N3O/c1-10(2)7-14-9-11(6-12-14)8-13(3)4-5-15/h6,9-10,15H,4-5,7-8H2,1-3H3. The van der Waals surface area contributed by atoms with E-state index < -0.39 is 0 Å². The number of rotatable bonds is 6. The lowest BCUT2D eigenvalue weighted by Crippen LogP contribution is -2.21. The van der Waals surface area contributed by atoms with Crippen molar-refractivity contribution in [3.05, 3.63) is 18.0 Å². The first-order valence-corrected chi connectivity index (χ1v) is 5.42. The molecule has 0 bridgehead atoms. The van der Waals surface area contributed by atoms with E-state index in [1.165, 1.54) is 5.56 Å². The Morgan fingerprint density at radius 3 is 2.87 bits per heavy atom. The Kier molecular flexibility index (Phi) is 4.78. The van der Waals surface area contributed by atoms with Gasteiger partial charge in [0.05, 0.1) is 12.8 Å². The van der Waals surface area contributed by atoms with Crippen LogP contribution in [0.4, 0.5) is 0 Å². The number of nitrogens with zero attached hydrogens (tertiary/aromatic N) is 3. The number of likely N-dealkylation sites (N-methyl/N-ethyl adjacent to an activating group) is 1. The molecule has 4 nitrogen and oxygen atoms in total. The highest BCUT2D eigenvalue weighted by molar-refractivity contribution is 5.03. The van der Waals surface area contributed by atoms with Crippen molar-refractivity contribution in [1.82, 2.24) is 14.7 Å². The second-order valence-corrected chi connectivity index (χ2v) is 4.43. The van der Waals surface area contributed by atoms with E-state index in [0.717, 1.165) is 13.1 Å². The molecule has 86 valence electrons. The fourth-order valence-corrected chi connectivity index (χ4v) is 1.52. The van der Waals surface area contributed by atoms with Crippen LogP contribution in [0, 0.1) is 5.92 Å². The van der Waals surface area contributed by atoms with Gasteiger partial charge in [-0.1, -0.05) is 13.8 Å². The largest absolute Gasteiger partial charge is 0.395 e. The summed E-state index contributed by atoms with van der Waals surface area (Å²) in [7, 11) is 2.00. The Morgan fingerprint density at radius 2 is 2.27 bits per heavy atom. The monoisotopic (exact) mass is 211 g/mol. The minimum atomic E-state index is 0.205. The molecule has 1 heterocycles. The highest BCUT2D eigenvalue weighted by atomic mass is 16.3. The third kappa shape index (κ3) is 4.44. The summed E-state index contributed by atoms with van der Waals surface area (Å²) in [6, 6.07) is 0. The number of hydrogen-bond acceptors (Lipinski definition) is 3. The number of aliphatic hydroxyl groups excluding tert-OH is 1. The van der Waals surface area contributed by atoms with Crippen LogP contribution in [0.1, 0.15) is 19.4 Å². The van der Waals surface area contributed by atoms with Gasteiger partial charge in [0, 0.05) is 31.4 Å². The minimum Gasteiger partial charge on any atom is -0.395 e. The van der Waals surface area contributed by atoms with Crippen molar-refractivity contribution >= 4 is 0 Å². The molecule has 1 aromatic rings. The fourth-order valence-electron chi connectivity index (χ4n) is 1.52. The second kappa shape index (κ2) is 5.88. The molecule has 4 heteroatoms. The molecule has 0 atom stereocenters. The lowest BCUT2D eigenvalue weighted by atomic mass is 10.2. The van der Waals surface area contributed by atoms with Gasteiger partial charge in [-0.15, -0.1) is 0 Å². The molecule has 0 amide bonds. The van der Waals surface area contributed by atoms with Gasteiger partial charge >= 0.3 is 0 Å². The van der Waals surface area contributed by atoms with Crippen LogP contribution in [0.5, 0.6) is 0 Å². The van der Waals surface area contributed by atoms with Crippen molar-refractivity contribution in [2.45, 2.75) is 26.9 Å². The summed E-state index contributed by atoms with van der Waals surface area (Å²) < 4.78 is 1.98. The normalized spacial score (nSPS) is 11.6. The molecule has 0 aliphatic heterocycles. The van der Waals surface area contributed by atoms with Crippen molar-refractivity contribution in [2.75, 3.05) is 20.2 Å². The summed E-state index contributed by atoms with van der Waals surface area (Å²) in [6.45, 7) is 7.08. The summed E-state index contributed by atoms with van der Waals surface area (Å²) in [6.07, 6.45) is 3.98. The van der Waals surface area contributed by atoms with Gasteiger partial charge in [-0.25, -0.2) is 0 Å². The van der Waals surface area contributed by atoms with E-state index in [2.05, 4.69) is 30.0 Å². The summed E-state index contributed by atoms with van der Waals surface area (Å²) in [5.74, 6) is 0.618. The molecule has 0 aromatic carbocycles.